The number of fused-ring (bicyclic) bond motifs is 2. The fraction of sp³-hybridized carbons (Fsp3) is 0.375. The molecule has 8 nitrogen and oxygen atoms in total. The second-order valence-electron chi connectivity index (χ2n) is 9.73. The van der Waals surface area contributed by atoms with Crippen LogP contribution in [0, 0.1) is 5.82 Å². The van der Waals surface area contributed by atoms with Gasteiger partial charge in [-0.25, -0.2) is 26.0 Å². The Kier molecular flexibility index (Phi) is 6.10. The number of carbonyl (C=O) groups is 1. The first kappa shape index (κ1) is 25.3. The summed E-state index contributed by atoms with van der Waals surface area (Å²) >= 11 is 0. The second kappa shape index (κ2) is 8.42. The number of sulfonamides is 1. The Bertz CT molecular complexity index is 1550. The molecule has 1 aliphatic rings. The monoisotopic (exact) mass is 522 g/mol. The molecule has 0 radical (unpaired) electrons. The van der Waals surface area contributed by atoms with Crippen LogP contribution in [-0.4, -0.2) is 56.0 Å². The molecule has 1 aromatic heterocycles. The number of sulfone groups is 1. The summed E-state index contributed by atoms with van der Waals surface area (Å²) in [5.41, 5.74) is 1.33. The molecule has 2 aromatic carbocycles. The van der Waals surface area contributed by atoms with E-state index in [1.165, 1.54) is 27.1 Å². The Balaban J connectivity index is 1.81. The first-order chi connectivity index (χ1) is 16.1. The Morgan fingerprint density at radius 3 is 2.46 bits per heavy atom. The maximum absolute atomic E-state index is 14.1. The highest BCUT2D eigenvalue weighted by molar-refractivity contribution is 7.91. The molecule has 1 atom stereocenters. The van der Waals surface area contributed by atoms with E-state index >= 15 is 0 Å². The van der Waals surface area contributed by atoms with Crippen molar-refractivity contribution in [3.8, 4) is 11.1 Å². The van der Waals surface area contributed by atoms with Crippen molar-refractivity contribution in [1.82, 2.24) is 8.87 Å². The van der Waals surface area contributed by atoms with E-state index in [4.69, 9.17) is 4.74 Å². The van der Waals surface area contributed by atoms with E-state index in [9.17, 15) is 26.0 Å². The lowest BCUT2D eigenvalue weighted by atomic mass is 9.99. The molecule has 11 heteroatoms. The van der Waals surface area contributed by atoms with Gasteiger partial charge in [0.05, 0.1) is 16.2 Å². The molecule has 3 aromatic rings. The first-order valence-electron chi connectivity index (χ1n) is 11.0. The van der Waals surface area contributed by atoms with Crippen LogP contribution in [0.25, 0.3) is 22.0 Å². The topological polar surface area (TPSA) is 103 Å². The maximum atomic E-state index is 14.1. The lowest BCUT2D eigenvalue weighted by molar-refractivity contribution is 0.0544. The number of carbonyl (C=O) groups excluding carboxylic acids is 1. The number of hydrogen-bond acceptors (Lipinski definition) is 6. The molecule has 1 unspecified atom stereocenters. The number of aromatic nitrogens is 1. The minimum Gasteiger partial charge on any atom is -0.443 e. The third kappa shape index (κ3) is 4.85. The third-order valence-corrected chi connectivity index (χ3v) is 8.80. The molecule has 0 saturated heterocycles. The Labute approximate surface area is 204 Å². The van der Waals surface area contributed by atoms with Crippen molar-refractivity contribution in [2.45, 2.75) is 44.2 Å². The third-order valence-electron chi connectivity index (χ3n) is 5.83. The molecule has 35 heavy (non-hydrogen) atoms. The van der Waals surface area contributed by atoms with E-state index in [2.05, 4.69) is 0 Å². The molecule has 0 fully saturated rings. The van der Waals surface area contributed by atoms with Crippen LogP contribution in [0.5, 0.6) is 0 Å². The van der Waals surface area contributed by atoms with Gasteiger partial charge in [0.2, 0.25) is 10.0 Å². The number of hydrogen-bond donors (Lipinski definition) is 0. The molecule has 188 valence electrons. The molecule has 4 rings (SSSR count). The Morgan fingerprint density at radius 1 is 1.14 bits per heavy atom. The molecular formula is C24H27FN2O6S2. The van der Waals surface area contributed by atoms with Crippen molar-refractivity contribution in [2.75, 3.05) is 18.6 Å². The van der Waals surface area contributed by atoms with E-state index in [1.807, 2.05) is 0 Å². The van der Waals surface area contributed by atoms with Gasteiger partial charge in [0.15, 0.2) is 0 Å². The smallest absolute Gasteiger partial charge is 0.419 e. The summed E-state index contributed by atoms with van der Waals surface area (Å²) in [5, 5.41) is 0.597. The quantitative estimate of drug-likeness (QED) is 0.505. The average Bonchev–Trinajstić information content (AvgIpc) is 3.17. The van der Waals surface area contributed by atoms with Gasteiger partial charge in [-0.05, 0) is 69.2 Å². The highest BCUT2D eigenvalue weighted by Crippen LogP contribution is 2.42. The van der Waals surface area contributed by atoms with Crippen molar-refractivity contribution in [1.29, 1.82) is 0 Å². The van der Waals surface area contributed by atoms with Crippen molar-refractivity contribution >= 4 is 36.9 Å². The number of benzene rings is 2. The van der Waals surface area contributed by atoms with Gasteiger partial charge in [0.1, 0.15) is 21.3 Å². The summed E-state index contributed by atoms with van der Waals surface area (Å²) in [5.74, 6) is -0.797. The molecule has 0 spiro atoms. The Morgan fingerprint density at radius 2 is 1.83 bits per heavy atom. The average molecular weight is 523 g/mol. The molecule has 1 aliphatic heterocycles. The SMILES string of the molecule is CC1c2cc(-c3cn(C(=O)OC(C)(C)C)c4cc(F)ccc34)ccc2S(=O)(=O)N1CCS(C)(=O)=O. The number of ether oxygens (including phenoxy) is 1. The standard InChI is InChI=1S/C24H27FN2O6S2/c1-15-19-12-16(6-9-22(19)35(31,32)27(15)10-11-34(5,29)30)20-14-26(23(28)33-24(2,3)4)21-13-17(25)7-8-18(20)21/h6-9,12-15H,10-11H2,1-5H3. The van der Waals surface area contributed by atoms with Crippen molar-refractivity contribution in [2.24, 2.45) is 0 Å². The molecule has 0 saturated carbocycles. The number of halogens is 1. The van der Waals surface area contributed by atoms with Gasteiger partial charge in [-0.2, -0.15) is 4.31 Å². The summed E-state index contributed by atoms with van der Waals surface area (Å²) < 4.78 is 71.3. The first-order valence-corrected chi connectivity index (χ1v) is 14.5. The van der Waals surface area contributed by atoms with Crippen molar-refractivity contribution < 1.29 is 30.8 Å². The second-order valence-corrected chi connectivity index (χ2v) is 13.8. The lowest BCUT2D eigenvalue weighted by Gasteiger charge is -2.19. The molecule has 0 aliphatic carbocycles. The zero-order chi connectivity index (χ0) is 25.9. The minimum atomic E-state index is -3.85. The maximum Gasteiger partial charge on any atom is 0.419 e. The number of rotatable bonds is 4. The van der Waals surface area contributed by atoms with Gasteiger partial charge < -0.3 is 4.74 Å². The summed E-state index contributed by atoms with van der Waals surface area (Å²) in [4.78, 5) is 12.9. The fourth-order valence-electron chi connectivity index (χ4n) is 4.23. The van der Waals surface area contributed by atoms with Gasteiger partial charge in [-0.3, -0.25) is 4.57 Å². The minimum absolute atomic E-state index is 0.115. The zero-order valence-corrected chi connectivity index (χ0v) is 21.7. The predicted octanol–water partition coefficient (Wildman–Crippen LogP) is 4.34. The highest BCUT2D eigenvalue weighted by Gasteiger charge is 2.40. The summed E-state index contributed by atoms with van der Waals surface area (Å²) in [7, 11) is -7.21. The predicted molar refractivity (Wildman–Crippen MR) is 131 cm³/mol. The van der Waals surface area contributed by atoms with Crippen LogP contribution in [0.15, 0.2) is 47.5 Å². The van der Waals surface area contributed by atoms with Crippen LogP contribution < -0.4 is 0 Å². The highest BCUT2D eigenvalue weighted by atomic mass is 32.2. The summed E-state index contributed by atoms with van der Waals surface area (Å²) in [6, 6.07) is 8.35. The van der Waals surface area contributed by atoms with Crippen LogP contribution in [0.2, 0.25) is 0 Å². The van der Waals surface area contributed by atoms with E-state index in [1.54, 1.807) is 52.1 Å². The number of nitrogens with zero attached hydrogens (tertiary/aromatic N) is 2. The van der Waals surface area contributed by atoms with E-state index in [0.29, 0.717) is 27.6 Å². The van der Waals surface area contributed by atoms with E-state index in [-0.39, 0.29) is 17.2 Å². The molecule has 0 bridgehead atoms. The zero-order valence-electron chi connectivity index (χ0n) is 20.1. The van der Waals surface area contributed by atoms with Crippen LogP contribution in [0.1, 0.15) is 39.3 Å². The van der Waals surface area contributed by atoms with Gasteiger partial charge >= 0.3 is 6.09 Å². The Hall–Kier alpha value is -2.76. The lowest BCUT2D eigenvalue weighted by Crippen LogP contribution is -2.31. The van der Waals surface area contributed by atoms with Crippen molar-refractivity contribution in [3.05, 3.63) is 54.0 Å². The van der Waals surface area contributed by atoms with Gasteiger partial charge in [0, 0.05) is 36.0 Å². The van der Waals surface area contributed by atoms with Crippen LogP contribution in [0.3, 0.4) is 0 Å². The molecule has 2 heterocycles. The molecule has 0 amide bonds. The normalized spacial score (nSPS) is 18.1. The largest absolute Gasteiger partial charge is 0.443 e. The van der Waals surface area contributed by atoms with Gasteiger partial charge in [-0.15, -0.1) is 0 Å². The van der Waals surface area contributed by atoms with Gasteiger partial charge in [0.25, 0.3) is 0 Å². The van der Waals surface area contributed by atoms with Crippen molar-refractivity contribution in [3.63, 3.8) is 0 Å². The van der Waals surface area contributed by atoms with Crippen LogP contribution >= 0.6 is 0 Å². The van der Waals surface area contributed by atoms with Gasteiger partial charge in [-0.1, -0.05) is 6.07 Å². The molecular weight excluding hydrogens is 495 g/mol. The summed E-state index contributed by atoms with van der Waals surface area (Å²) in [6.45, 7) is 6.75. The molecule has 0 N–H and O–H groups in total. The van der Waals surface area contributed by atoms with Crippen LogP contribution in [-0.2, 0) is 24.6 Å². The fourth-order valence-corrected chi connectivity index (χ4v) is 6.75. The van der Waals surface area contributed by atoms with Crippen LogP contribution in [0.4, 0.5) is 9.18 Å². The van der Waals surface area contributed by atoms with E-state index < -0.39 is 43.4 Å². The summed E-state index contributed by atoms with van der Waals surface area (Å²) in [6.07, 6.45) is 1.95. The van der Waals surface area contributed by atoms with E-state index in [0.717, 1.165) is 6.26 Å².